The predicted molar refractivity (Wildman–Crippen MR) is 160 cm³/mol. The van der Waals surface area contributed by atoms with Crippen molar-refractivity contribution in [2.75, 3.05) is 13.2 Å². The molecule has 224 valence electrons. The molecule has 4 aliphatic rings. The van der Waals surface area contributed by atoms with Crippen molar-refractivity contribution >= 4 is 0 Å². The summed E-state index contributed by atoms with van der Waals surface area (Å²) in [5.74, 6) is 5.01. The lowest BCUT2D eigenvalue weighted by Gasteiger charge is -2.45. The first kappa shape index (κ1) is 29.9. The Labute approximate surface area is 242 Å². The smallest absolute Gasteiger partial charge is 0.204 e. The molecular formula is C36H54F2O2. The van der Waals surface area contributed by atoms with Crippen molar-refractivity contribution in [3.8, 4) is 11.5 Å². The molecule has 4 unspecified atom stereocenters. The lowest BCUT2D eigenvalue weighted by Crippen LogP contribution is -2.34. The fourth-order valence-corrected chi connectivity index (χ4v) is 8.89. The third-order valence-corrected chi connectivity index (χ3v) is 11.3. The molecular weight excluding hydrogens is 502 g/mol. The van der Waals surface area contributed by atoms with Crippen LogP contribution in [0.3, 0.4) is 0 Å². The summed E-state index contributed by atoms with van der Waals surface area (Å²) in [6.45, 7) is 4.86. The van der Waals surface area contributed by atoms with Crippen LogP contribution in [-0.4, -0.2) is 13.2 Å². The van der Waals surface area contributed by atoms with Crippen molar-refractivity contribution in [2.45, 2.75) is 117 Å². The zero-order valence-electron chi connectivity index (χ0n) is 25.2. The molecule has 4 atom stereocenters. The molecule has 0 N–H and O–H groups in total. The van der Waals surface area contributed by atoms with Crippen LogP contribution in [0.15, 0.2) is 24.3 Å². The van der Waals surface area contributed by atoms with Gasteiger partial charge in [-0.1, -0.05) is 38.3 Å². The van der Waals surface area contributed by atoms with Crippen LogP contribution in [0.25, 0.3) is 0 Å². The Morgan fingerprint density at radius 3 is 1.75 bits per heavy atom. The molecule has 4 saturated carbocycles. The molecule has 0 spiro atoms. The Morgan fingerprint density at radius 1 is 0.625 bits per heavy atom. The molecule has 4 heteroatoms. The van der Waals surface area contributed by atoms with Gasteiger partial charge in [-0.2, -0.15) is 8.78 Å². The van der Waals surface area contributed by atoms with E-state index in [-0.39, 0.29) is 11.5 Å². The maximum atomic E-state index is 14.3. The Bertz CT molecular complexity index is 944. The van der Waals surface area contributed by atoms with Crippen LogP contribution in [0.2, 0.25) is 0 Å². The van der Waals surface area contributed by atoms with Gasteiger partial charge in [-0.05, 0) is 150 Å². The highest BCUT2D eigenvalue weighted by molar-refractivity contribution is 5.35. The van der Waals surface area contributed by atoms with E-state index in [0.29, 0.717) is 25.0 Å². The lowest BCUT2D eigenvalue weighted by atomic mass is 9.60. The van der Waals surface area contributed by atoms with Gasteiger partial charge in [0, 0.05) is 0 Å². The number of allylic oxidation sites excluding steroid dienone is 2. The van der Waals surface area contributed by atoms with Gasteiger partial charge < -0.3 is 9.47 Å². The van der Waals surface area contributed by atoms with Gasteiger partial charge in [-0.3, -0.25) is 0 Å². The third-order valence-electron chi connectivity index (χ3n) is 11.3. The minimum atomic E-state index is -0.959. The molecule has 4 aliphatic carbocycles. The average Bonchev–Trinajstić information content (AvgIpc) is 2.99. The topological polar surface area (TPSA) is 18.5 Å². The van der Waals surface area contributed by atoms with Crippen LogP contribution in [0.5, 0.6) is 11.5 Å². The minimum Gasteiger partial charge on any atom is -0.491 e. The summed E-state index contributed by atoms with van der Waals surface area (Å²) in [5.41, 5.74) is 0. The highest BCUT2D eigenvalue weighted by Gasteiger charge is 2.38. The van der Waals surface area contributed by atoms with Crippen molar-refractivity contribution in [1.29, 1.82) is 0 Å². The Hall–Kier alpha value is -1.58. The van der Waals surface area contributed by atoms with Crippen LogP contribution in [0.1, 0.15) is 117 Å². The molecule has 4 fully saturated rings. The summed E-state index contributed by atoms with van der Waals surface area (Å²) < 4.78 is 39.3. The molecule has 0 aromatic heterocycles. The Balaban J connectivity index is 0.986. The SMILES string of the molecule is CCCC1CCC2CC(C3CCC(C=CC4CCC(COc5ccc(OCC)c(F)c5F)CC4)CC3)CCC2C1. The summed E-state index contributed by atoms with van der Waals surface area (Å²) in [7, 11) is 0. The molecule has 40 heavy (non-hydrogen) atoms. The first-order valence-corrected chi connectivity index (χ1v) is 17.0. The summed E-state index contributed by atoms with van der Waals surface area (Å²) in [6.07, 6.45) is 27.2. The van der Waals surface area contributed by atoms with Crippen LogP contribution in [-0.2, 0) is 0 Å². The fourth-order valence-electron chi connectivity index (χ4n) is 8.89. The molecule has 0 radical (unpaired) electrons. The zero-order valence-corrected chi connectivity index (χ0v) is 25.2. The number of halogens is 2. The summed E-state index contributed by atoms with van der Waals surface area (Å²) in [6, 6.07) is 2.94. The lowest BCUT2D eigenvalue weighted by molar-refractivity contribution is 0.0606. The summed E-state index contributed by atoms with van der Waals surface area (Å²) in [5, 5.41) is 0. The van der Waals surface area contributed by atoms with Crippen molar-refractivity contribution < 1.29 is 18.3 Å². The maximum absolute atomic E-state index is 14.3. The van der Waals surface area contributed by atoms with Gasteiger partial charge in [0.15, 0.2) is 11.5 Å². The molecule has 2 nitrogen and oxygen atoms in total. The van der Waals surface area contributed by atoms with E-state index in [1.54, 1.807) is 19.8 Å². The highest BCUT2D eigenvalue weighted by atomic mass is 19.2. The van der Waals surface area contributed by atoms with E-state index in [1.807, 2.05) is 0 Å². The van der Waals surface area contributed by atoms with E-state index in [0.717, 1.165) is 48.3 Å². The molecule has 0 amide bonds. The van der Waals surface area contributed by atoms with E-state index < -0.39 is 11.6 Å². The monoisotopic (exact) mass is 556 g/mol. The number of rotatable bonds is 10. The van der Waals surface area contributed by atoms with Crippen LogP contribution in [0, 0.1) is 59.0 Å². The number of fused-ring (bicyclic) bond motifs is 1. The second-order valence-corrected chi connectivity index (χ2v) is 13.8. The normalized spacial score (nSPS) is 34.9. The van der Waals surface area contributed by atoms with Crippen LogP contribution in [0.4, 0.5) is 8.78 Å². The molecule has 0 aliphatic heterocycles. The van der Waals surface area contributed by atoms with Gasteiger partial charge in [-0.25, -0.2) is 0 Å². The van der Waals surface area contributed by atoms with E-state index in [2.05, 4.69) is 19.1 Å². The van der Waals surface area contributed by atoms with Crippen LogP contribution >= 0.6 is 0 Å². The Kier molecular flexibility index (Phi) is 10.9. The van der Waals surface area contributed by atoms with Gasteiger partial charge in [0.25, 0.3) is 0 Å². The molecule has 0 saturated heterocycles. The maximum Gasteiger partial charge on any atom is 0.204 e. The molecule has 1 aromatic carbocycles. The second-order valence-electron chi connectivity index (χ2n) is 13.8. The van der Waals surface area contributed by atoms with Gasteiger partial charge in [0.2, 0.25) is 11.6 Å². The van der Waals surface area contributed by atoms with Crippen molar-refractivity contribution in [1.82, 2.24) is 0 Å². The highest BCUT2D eigenvalue weighted by Crippen LogP contribution is 2.49. The van der Waals surface area contributed by atoms with E-state index >= 15 is 0 Å². The first-order chi connectivity index (χ1) is 19.5. The quantitative estimate of drug-likeness (QED) is 0.267. The summed E-state index contributed by atoms with van der Waals surface area (Å²) >= 11 is 0. The number of hydrogen-bond donors (Lipinski definition) is 0. The van der Waals surface area contributed by atoms with Gasteiger partial charge in [0.05, 0.1) is 13.2 Å². The fraction of sp³-hybridized carbons (Fsp3) is 0.778. The van der Waals surface area contributed by atoms with Crippen molar-refractivity contribution in [3.05, 3.63) is 35.9 Å². The third kappa shape index (κ3) is 7.62. The van der Waals surface area contributed by atoms with Crippen LogP contribution < -0.4 is 9.47 Å². The standard InChI is InChI=1S/C36H54F2O2/c1-3-5-27-14-17-32-23-31(19-18-30(32)22-27)29-15-12-26(13-16-29)7-6-25-8-10-28(11-9-25)24-40-34-21-20-33(39-4-2)35(37)36(34)38/h6-7,20-21,25-32H,3-5,8-19,22-24H2,1-2H3. The van der Waals surface area contributed by atoms with E-state index in [4.69, 9.17) is 9.47 Å². The number of benzene rings is 1. The van der Waals surface area contributed by atoms with Gasteiger partial charge in [0.1, 0.15) is 0 Å². The molecule has 1 aromatic rings. The van der Waals surface area contributed by atoms with Gasteiger partial charge in [-0.15, -0.1) is 0 Å². The van der Waals surface area contributed by atoms with Crippen molar-refractivity contribution in [3.63, 3.8) is 0 Å². The largest absolute Gasteiger partial charge is 0.491 e. The summed E-state index contributed by atoms with van der Waals surface area (Å²) in [4.78, 5) is 0. The zero-order chi connectivity index (χ0) is 27.9. The molecule has 0 bridgehead atoms. The van der Waals surface area contributed by atoms with Gasteiger partial charge >= 0.3 is 0 Å². The number of hydrogen-bond acceptors (Lipinski definition) is 2. The average molecular weight is 557 g/mol. The Morgan fingerprint density at radius 2 is 1.12 bits per heavy atom. The molecule has 5 rings (SSSR count). The number of ether oxygens (including phenoxy) is 2. The first-order valence-electron chi connectivity index (χ1n) is 17.0. The van der Waals surface area contributed by atoms with E-state index in [9.17, 15) is 8.78 Å². The predicted octanol–water partition coefficient (Wildman–Crippen LogP) is 10.5. The second kappa shape index (κ2) is 14.5. The van der Waals surface area contributed by atoms with E-state index in [1.165, 1.54) is 89.2 Å². The molecule has 0 heterocycles. The minimum absolute atomic E-state index is 0.00836. The van der Waals surface area contributed by atoms with Crippen molar-refractivity contribution in [2.24, 2.45) is 47.3 Å².